The van der Waals surface area contributed by atoms with E-state index in [9.17, 15) is 4.79 Å². The molecule has 23 heavy (non-hydrogen) atoms. The molecule has 0 N–H and O–H groups in total. The number of aryl methyl sites for hydroxylation is 2. The molecule has 0 radical (unpaired) electrons. The van der Waals surface area contributed by atoms with E-state index in [-0.39, 0.29) is 11.5 Å². The third kappa shape index (κ3) is 2.51. The molecule has 0 atom stereocenters. The number of nitrogens with zero attached hydrogens (tertiary/aromatic N) is 3. The number of fused-ring (bicyclic) bond motifs is 2. The molecule has 1 saturated heterocycles. The van der Waals surface area contributed by atoms with Crippen LogP contribution in [0.5, 0.6) is 0 Å². The highest BCUT2D eigenvalue weighted by atomic mass is 16.5. The SMILES string of the molecule is Cc1ncc2c(n1)COC21CN(C(=O)CCc2ccccc2)C1. The predicted molar refractivity (Wildman–Crippen MR) is 84.6 cm³/mol. The number of hydrogen-bond donors (Lipinski definition) is 0. The first-order valence-electron chi connectivity index (χ1n) is 7.95. The zero-order valence-electron chi connectivity index (χ0n) is 13.2. The maximum Gasteiger partial charge on any atom is 0.223 e. The van der Waals surface area contributed by atoms with E-state index in [1.807, 2.05) is 36.2 Å². The number of benzene rings is 1. The van der Waals surface area contributed by atoms with Crippen LogP contribution in [0.4, 0.5) is 0 Å². The van der Waals surface area contributed by atoms with Crippen LogP contribution in [0.2, 0.25) is 0 Å². The Morgan fingerprint density at radius 1 is 1.30 bits per heavy atom. The summed E-state index contributed by atoms with van der Waals surface area (Å²) in [5.74, 6) is 0.948. The fraction of sp³-hybridized carbons (Fsp3) is 0.389. The molecule has 0 bridgehead atoms. The number of likely N-dealkylation sites (tertiary alicyclic amines) is 1. The molecule has 4 rings (SSSR count). The lowest BCUT2D eigenvalue weighted by atomic mass is 9.87. The summed E-state index contributed by atoms with van der Waals surface area (Å²) in [6.07, 6.45) is 3.18. The third-order valence-corrected chi connectivity index (χ3v) is 4.68. The molecule has 1 fully saturated rings. The van der Waals surface area contributed by atoms with Gasteiger partial charge in [-0.2, -0.15) is 0 Å². The summed E-state index contributed by atoms with van der Waals surface area (Å²) in [6, 6.07) is 10.1. The minimum absolute atomic E-state index is 0.185. The number of hydrogen-bond acceptors (Lipinski definition) is 4. The molecule has 0 unspecified atom stereocenters. The quantitative estimate of drug-likeness (QED) is 0.870. The van der Waals surface area contributed by atoms with Crippen molar-refractivity contribution in [2.75, 3.05) is 13.1 Å². The molecule has 3 heterocycles. The van der Waals surface area contributed by atoms with E-state index < -0.39 is 0 Å². The van der Waals surface area contributed by atoms with Gasteiger partial charge in [0.05, 0.1) is 25.4 Å². The molecule has 2 aliphatic rings. The lowest BCUT2D eigenvalue weighted by Gasteiger charge is -2.47. The molecule has 2 aromatic rings. The van der Waals surface area contributed by atoms with Crippen LogP contribution in [0.1, 0.15) is 29.1 Å². The van der Waals surface area contributed by atoms with Gasteiger partial charge in [0.25, 0.3) is 0 Å². The zero-order chi connectivity index (χ0) is 15.9. The summed E-state index contributed by atoms with van der Waals surface area (Å²) in [5.41, 5.74) is 2.84. The molecule has 0 aliphatic carbocycles. The molecule has 1 aromatic heterocycles. The monoisotopic (exact) mass is 309 g/mol. The van der Waals surface area contributed by atoms with Gasteiger partial charge in [0.2, 0.25) is 5.91 Å². The van der Waals surface area contributed by atoms with Crippen molar-refractivity contribution in [1.82, 2.24) is 14.9 Å². The summed E-state index contributed by atoms with van der Waals surface area (Å²) >= 11 is 0. The number of carbonyl (C=O) groups excluding carboxylic acids is 1. The van der Waals surface area contributed by atoms with E-state index in [1.54, 1.807) is 0 Å². The van der Waals surface area contributed by atoms with Crippen molar-refractivity contribution in [1.29, 1.82) is 0 Å². The van der Waals surface area contributed by atoms with Crippen molar-refractivity contribution in [3.05, 3.63) is 59.2 Å². The fourth-order valence-electron chi connectivity index (χ4n) is 3.35. The van der Waals surface area contributed by atoms with Crippen molar-refractivity contribution >= 4 is 5.91 Å². The Kier molecular flexibility index (Phi) is 3.38. The Morgan fingerprint density at radius 3 is 2.87 bits per heavy atom. The van der Waals surface area contributed by atoms with Gasteiger partial charge in [-0.25, -0.2) is 9.97 Å². The molecular weight excluding hydrogens is 290 g/mol. The minimum atomic E-state index is -0.370. The van der Waals surface area contributed by atoms with Gasteiger partial charge in [0.15, 0.2) is 0 Å². The average Bonchev–Trinajstić information content (AvgIpc) is 2.91. The first kappa shape index (κ1) is 14.3. The van der Waals surface area contributed by atoms with E-state index in [0.29, 0.717) is 26.1 Å². The Morgan fingerprint density at radius 2 is 2.09 bits per heavy atom. The lowest BCUT2D eigenvalue weighted by molar-refractivity contribution is -0.168. The second-order valence-electron chi connectivity index (χ2n) is 6.30. The standard InChI is InChI=1S/C18H19N3O2/c1-13-19-9-15-16(20-13)10-23-18(15)11-21(12-18)17(22)8-7-14-5-3-2-4-6-14/h2-6,9H,7-8,10-12H2,1H3. The molecule has 118 valence electrons. The van der Waals surface area contributed by atoms with Gasteiger partial charge >= 0.3 is 0 Å². The molecule has 1 amide bonds. The second-order valence-corrected chi connectivity index (χ2v) is 6.30. The van der Waals surface area contributed by atoms with Crippen LogP contribution < -0.4 is 0 Å². The summed E-state index contributed by atoms with van der Waals surface area (Å²) in [7, 11) is 0. The maximum absolute atomic E-state index is 12.3. The van der Waals surface area contributed by atoms with Crippen LogP contribution in [-0.4, -0.2) is 33.9 Å². The number of carbonyl (C=O) groups is 1. The van der Waals surface area contributed by atoms with Crippen LogP contribution in [-0.2, 0) is 28.2 Å². The number of aromatic nitrogens is 2. The smallest absolute Gasteiger partial charge is 0.223 e. The second kappa shape index (κ2) is 5.42. The predicted octanol–water partition coefficient (Wildman–Crippen LogP) is 1.99. The van der Waals surface area contributed by atoms with Crippen molar-refractivity contribution in [3.63, 3.8) is 0 Å². The van der Waals surface area contributed by atoms with Gasteiger partial charge in [0.1, 0.15) is 11.4 Å². The van der Waals surface area contributed by atoms with Gasteiger partial charge in [0, 0.05) is 18.2 Å². The van der Waals surface area contributed by atoms with Crippen LogP contribution in [0, 0.1) is 6.92 Å². The first-order chi connectivity index (χ1) is 11.2. The van der Waals surface area contributed by atoms with E-state index in [0.717, 1.165) is 23.5 Å². The van der Waals surface area contributed by atoms with E-state index >= 15 is 0 Å². The molecule has 0 saturated carbocycles. The Labute approximate surface area is 135 Å². The average molecular weight is 309 g/mol. The highest BCUT2D eigenvalue weighted by Gasteiger charge is 2.52. The Bertz CT molecular complexity index is 739. The molecule has 1 aromatic carbocycles. The van der Waals surface area contributed by atoms with Crippen molar-refractivity contribution < 1.29 is 9.53 Å². The van der Waals surface area contributed by atoms with E-state index in [1.165, 1.54) is 5.56 Å². The van der Waals surface area contributed by atoms with Crippen molar-refractivity contribution in [2.24, 2.45) is 0 Å². The van der Waals surface area contributed by atoms with Gasteiger partial charge in [-0.1, -0.05) is 30.3 Å². The minimum Gasteiger partial charge on any atom is -0.360 e. The number of ether oxygens (including phenoxy) is 1. The number of amides is 1. The van der Waals surface area contributed by atoms with Crippen LogP contribution in [0.3, 0.4) is 0 Å². The van der Waals surface area contributed by atoms with E-state index in [4.69, 9.17) is 4.74 Å². The van der Waals surface area contributed by atoms with Crippen LogP contribution in [0.15, 0.2) is 36.5 Å². The van der Waals surface area contributed by atoms with E-state index in [2.05, 4.69) is 22.1 Å². The third-order valence-electron chi connectivity index (χ3n) is 4.68. The lowest BCUT2D eigenvalue weighted by Crippen LogP contribution is -2.61. The molecular formula is C18H19N3O2. The molecule has 2 aliphatic heterocycles. The van der Waals surface area contributed by atoms with Gasteiger partial charge in [-0.05, 0) is 18.9 Å². The fourth-order valence-corrected chi connectivity index (χ4v) is 3.35. The Balaban J connectivity index is 1.38. The Hall–Kier alpha value is -2.27. The maximum atomic E-state index is 12.3. The van der Waals surface area contributed by atoms with Gasteiger partial charge < -0.3 is 9.64 Å². The first-order valence-corrected chi connectivity index (χ1v) is 7.95. The van der Waals surface area contributed by atoms with Gasteiger partial charge in [-0.3, -0.25) is 4.79 Å². The molecule has 1 spiro atoms. The summed E-state index contributed by atoms with van der Waals surface area (Å²) < 4.78 is 5.95. The van der Waals surface area contributed by atoms with Crippen LogP contribution in [0.25, 0.3) is 0 Å². The molecule has 5 nitrogen and oxygen atoms in total. The van der Waals surface area contributed by atoms with Gasteiger partial charge in [-0.15, -0.1) is 0 Å². The highest BCUT2D eigenvalue weighted by molar-refractivity contribution is 5.78. The number of rotatable bonds is 3. The van der Waals surface area contributed by atoms with Crippen molar-refractivity contribution in [2.45, 2.75) is 32.0 Å². The summed E-state index contributed by atoms with van der Waals surface area (Å²) in [6.45, 7) is 3.62. The largest absolute Gasteiger partial charge is 0.360 e. The topological polar surface area (TPSA) is 55.3 Å². The van der Waals surface area contributed by atoms with Crippen molar-refractivity contribution in [3.8, 4) is 0 Å². The highest BCUT2D eigenvalue weighted by Crippen LogP contribution is 2.42. The normalized spacial score (nSPS) is 17.9. The zero-order valence-corrected chi connectivity index (χ0v) is 13.2. The van der Waals surface area contributed by atoms with Crippen LogP contribution >= 0.6 is 0 Å². The summed E-state index contributed by atoms with van der Waals surface area (Å²) in [4.78, 5) is 22.9. The molecule has 5 heteroatoms. The summed E-state index contributed by atoms with van der Waals surface area (Å²) in [5, 5.41) is 0.